The van der Waals surface area contributed by atoms with Crippen LogP contribution in [0.15, 0.2) is 30.3 Å². The molecule has 0 spiro atoms. The molecule has 162 valence electrons. The molecular formula is C23H33N5O2. The van der Waals surface area contributed by atoms with Gasteiger partial charge in [0.15, 0.2) is 0 Å². The lowest BCUT2D eigenvalue weighted by Gasteiger charge is -2.35. The summed E-state index contributed by atoms with van der Waals surface area (Å²) in [6, 6.07) is 9.50. The summed E-state index contributed by atoms with van der Waals surface area (Å²) < 4.78 is 5.74. The molecule has 1 aliphatic heterocycles. The summed E-state index contributed by atoms with van der Waals surface area (Å²) in [4.78, 5) is 26.0. The van der Waals surface area contributed by atoms with Crippen LogP contribution >= 0.6 is 0 Å². The average molecular weight is 412 g/mol. The van der Waals surface area contributed by atoms with Gasteiger partial charge in [-0.15, -0.1) is 0 Å². The van der Waals surface area contributed by atoms with Crippen molar-refractivity contribution in [2.24, 2.45) is 0 Å². The monoisotopic (exact) mass is 411 g/mol. The van der Waals surface area contributed by atoms with E-state index in [4.69, 9.17) is 4.74 Å². The minimum absolute atomic E-state index is 0.0689. The second-order valence-electron chi connectivity index (χ2n) is 7.58. The Hall–Kier alpha value is -2.83. The van der Waals surface area contributed by atoms with Crippen molar-refractivity contribution in [3.05, 3.63) is 41.6 Å². The molecule has 0 saturated carbocycles. The summed E-state index contributed by atoms with van der Waals surface area (Å²) in [5.74, 6) is 2.46. The van der Waals surface area contributed by atoms with E-state index in [1.807, 2.05) is 49.1 Å². The van der Waals surface area contributed by atoms with E-state index in [1.54, 1.807) is 0 Å². The number of carbonyl (C=O) groups is 1. The average Bonchev–Trinajstić information content (AvgIpc) is 2.77. The van der Waals surface area contributed by atoms with E-state index in [2.05, 4.69) is 27.1 Å². The lowest BCUT2D eigenvalue weighted by atomic mass is 10.1. The third-order valence-corrected chi connectivity index (χ3v) is 5.18. The molecule has 2 aromatic rings. The van der Waals surface area contributed by atoms with Gasteiger partial charge in [-0.25, -0.2) is 4.98 Å². The Balaban J connectivity index is 1.54. The Morgan fingerprint density at radius 3 is 2.47 bits per heavy atom. The van der Waals surface area contributed by atoms with Crippen LogP contribution in [0.25, 0.3) is 0 Å². The van der Waals surface area contributed by atoms with E-state index in [9.17, 15) is 4.79 Å². The van der Waals surface area contributed by atoms with Gasteiger partial charge in [-0.3, -0.25) is 4.79 Å². The second-order valence-corrected chi connectivity index (χ2v) is 7.58. The van der Waals surface area contributed by atoms with Crippen molar-refractivity contribution in [1.29, 1.82) is 0 Å². The van der Waals surface area contributed by atoms with Gasteiger partial charge in [0.2, 0.25) is 5.95 Å². The van der Waals surface area contributed by atoms with Gasteiger partial charge in [-0.2, -0.15) is 4.98 Å². The smallest absolute Gasteiger partial charge is 0.253 e. The molecule has 0 unspecified atom stereocenters. The Morgan fingerprint density at radius 2 is 1.80 bits per heavy atom. The van der Waals surface area contributed by atoms with Crippen molar-refractivity contribution < 1.29 is 9.53 Å². The lowest BCUT2D eigenvalue weighted by Crippen LogP contribution is -2.49. The number of aryl methyl sites for hydroxylation is 1. The molecule has 0 aliphatic carbocycles. The molecule has 1 aromatic heterocycles. The van der Waals surface area contributed by atoms with Gasteiger partial charge in [0.1, 0.15) is 11.6 Å². The molecule has 1 aliphatic rings. The van der Waals surface area contributed by atoms with Gasteiger partial charge < -0.3 is 19.9 Å². The summed E-state index contributed by atoms with van der Waals surface area (Å²) in [7, 11) is 0. The predicted octanol–water partition coefficient (Wildman–Crippen LogP) is 3.75. The van der Waals surface area contributed by atoms with Crippen molar-refractivity contribution in [1.82, 2.24) is 14.9 Å². The van der Waals surface area contributed by atoms with Crippen LogP contribution in [0.2, 0.25) is 0 Å². The predicted molar refractivity (Wildman–Crippen MR) is 121 cm³/mol. The summed E-state index contributed by atoms with van der Waals surface area (Å²) in [5, 5.41) is 3.18. The van der Waals surface area contributed by atoms with Crippen LogP contribution in [0.5, 0.6) is 5.75 Å². The fourth-order valence-electron chi connectivity index (χ4n) is 3.51. The number of aromatic nitrogens is 2. The van der Waals surface area contributed by atoms with E-state index in [0.717, 1.165) is 49.9 Å². The minimum Gasteiger partial charge on any atom is -0.494 e. The van der Waals surface area contributed by atoms with Crippen LogP contribution in [-0.4, -0.2) is 60.1 Å². The highest BCUT2D eigenvalue weighted by molar-refractivity contribution is 5.94. The Labute approximate surface area is 179 Å². The van der Waals surface area contributed by atoms with E-state index in [1.165, 1.54) is 12.8 Å². The highest BCUT2D eigenvalue weighted by Gasteiger charge is 2.23. The lowest BCUT2D eigenvalue weighted by molar-refractivity contribution is 0.0746. The van der Waals surface area contributed by atoms with E-state index < -0.39 is 0 Å². The number of hydrogen-bond acceptors (Lipinski definition) is 6. The van der Waals surface area contributed by atoms with Crippen molar-refractivity contribution in [3.63, 3.8) is 0 Å². The van der Waals surface area contributed by atoms with Gasteiger partial charge in [-0.05, 0) is 44.5 Å². The highest BCUT2D eigenvalue weighted by atomic mass is 16.5. The highest BCUT2D eigenvalue weighted by Crippen LogP contribution is 2.19. The quantitative estimate of drug-likeness (QED) is 0.634. The second kappa shape index (κ2) is 10.8. The number of hydrogen-bond donors (Lipinski definition) is 1. The molecule has 7 heteroatoms. The molecular weight excluding hydrogens is 378 g/mol. The molecule has 1 amide bonds. The summed E-state index contributed by atoms with van der Waals surface area (Å²) >= 11 is 0. The fourth-order valence-corrected chi connectivity index (χ4v) is 3.51. The van der Waals surface area contributed by atoms with E-state index in [-0.39, 0.29) is 5.91 Å². The molecule has 1 aromatic carbocycles. The van der Waals surface area contributed by atoms with Gasteiger partial charge in [-0.1, -0.05) is 19.8 Å². The molecule has 3 rings (SSSR count). The first-order valence-corrected chi connectivity index (χ1v) is 11.0. The van der Waals surface area contributed by atoms with Gasteiger partial charge in [0.25, 0.3) is 5.91 Å². The normalized spacial score (nSPS) is 14.0. The van der Waals surface area contributed by atoms with Crippen molar-refractivity contribution in [3.8, 4) is 5.75 Å². The number of unbranched alkanes of at least 4 members (excludes halogenated alkanes) is 2. The number of amides is 1. The standard InChI is InChI=1S/C23H33N5O2/c1-4-6-7-16-30-20-10-8-19(9-11-20)22(29)28-14-12-27(13-15-28)21-17-18(3)25-23(26-21)24-5-2/h8-11,17H,4-7,12-16H2,1-3H3,(H,24,25,26). The zero-order valence-corrected chi connectivity index (χ0v) is 18.4. The van der Waals surface area contributed by atoms with E-state index in [0.29, 0.717) is 24.6 Å². The maximum absolute atomic E-state index is 12.9. The number of benzene rings is 1. The van der Waals surface area contributed by atoms with Crippen LogP contribution < -0.4 is 15.0 Å². The summed E-state index contributed by atoms with van der Waals surface area (Å²) in [6.45, 7) is 10.6. The number of carbonyl (C=O) groups excluding carboxylic acids is 1. The number of ether oxygens (including phenoxy) is 1. The molecule has 30 heavy (non-hydrogen) atoms. The van der Waals surface area contributed by atoms with Gasteiger partial charge in [0.05, 0.1) is 6.61 Å². The van der Waals surface area contributed by atoms with Crippen LogP contribution in [0.4, 0.5) is 11.8 Å². The maximum atomic E-state index is 12.9. The van der Waals surface area contributed by atoms with Crippen LogP contribution in [-0.2, 0) is 0 Å². The van der Waals surface area contributed by atoms with Crippen LogP contribution in [0.3, 0.4) is 0 Å². The zero-order chi connectivity index (χ0) is 21.3. The number of anilines is 2. The number of piperazine rings is 1. The van der Waals surface area contributed by atoms with Crippen molar-refractivity contribution in [2.75, 3.05) is 49.5 Å². The van der Waals surface area contributed by atoms with Crippen molar-refractivity contribution in [2.45, 2.75) is 40.0 Å². The summed E-state index contributed by atoms with van der Waals surface area (Å²) in [5.41, 5.74) is 1.64. The molecule has 1 N–H and O–H groups in total. The van der Waals surface area contributed by atoms with Crippen LogP contribution in [0, 0.1) is 6.92 Å². The topological polar surface area (TPSA) is 70.6 Å². The molecule has 1 fully saturated rings. The van der Waals surface area contributed by atoms with Crippen LogP contribution in [0.1, 0.15) is 49.2 Å². The molecule has 1 saturated heterocycles. The van der Waals surface area contributed by atoms with Crippen molar-refractivity contribution >= 4 is 17.7 Å². The summed E-state index contributed by atoms with van der Waals surface area (Å²) in [6.07, 6.45) is 3.41. The molecule has 2 heterocycles. The minimum atomic E-state index is 0.0689. The van der Waals surface area contributed by atoms with E-state index >= 15 is 0 Å². The Bertz CT molecular complexity index is 817. The maximum Gasteiger partial charge on any atom is 0.253 e. The molecule has 0 atom stereocenters. The Morgan fingerprint density at radius 1 is 1.07 bits per heavy atom. The zero-order valence-electron chi connectivity index (χ0n) is 18.4. The van der Waals surface area contributed by atoms with Gasteiger partial charge in [0, 0.05) is 50.0 Å². The number of rotatable bonds is 9. The molecule has 0 radical (unpaired) electrons. The largest absolute Gasteiger partial charge is 0.494 e. The Kier molecular flexibility index (Phi) is 7.88. The fraction of sp³-hybridized carbons (Fsp3) is 0.522. The number of nitrogens with one attached hydrogen (secondary N) is 1. The number of nitrogens with zero attached hydrogens (tertiary/aromatic N) is 4. The van der Waals surface area contributed by atoms with Gasteiger partial charge >= 0.3 is 0 Å². The first kappa shape index (κ1) is 21.9. The first-order chi connectivity index (χ1) is 14.6. The molecule has 0 bridgehead atoms. The molecule has 7 nitrogen and oxygen atoms in total. The third-order valence-electron chi connectivity index (χ3n) is 5.18. The third kappa shape index (κ3) is 5.84. The first-order valence-electron chi connectivity index (χ1n) is 11.0. The SMILES string of the molecule is CCCCCOc1ccc(C(=O)N2CCN(c3cc(C)nc(NCC)n3)CC2)cc1.